The first-order valence-corrected chi connectivity index (χ1v) is 7.39. The fourth-order valence-corrected chi connectivity index (χ4v) is 3.89. The molecule has 3 rings (SSSR count). The van der Waals surface area contributed by atoms with Crippen molar-refractivity contribution in [3.63, 3.8) is 0 Å². The Morgan fingerprint density at radius 1 is 1.18 bits per heavy atom. The van der Waals surface area contributed by atoms with Gasteiger partial charge in [-0.3, -0.25) is 10.1 Å². The van der Waals surface area contributed by atoms with Crippen LogP contribution in [0.2, 0.25) is 0 Å². The smallest absolute Gasteiger partial charge is 0.339 e. The largest absolute Gasteiger partial charge is 0.478 e. The molecule has 1 N–H and O–H groups in total. The maximum atomic E-state index is 12.6. The third kappa shape index (κ3) is 1.83. The highest BCUT2D eigenvalue weighted by Crippen LogP contribution is 2.47. The molecule has 1 aliphatic rings. The van der Waals surface area contributed by atoms with Crippen molar-refractivity contribution in [3.8, 4) is 11.5 Å². The number of carboxylic acids is 1. The molecule has 0 radical (unpaired) electrons. The number of aromatic carboxylic acids is 1. The normalized spacial score (nSPS) is 14.4. The predicted molar refractivity (Wildman–Crippen MR) is 72.0 cm³/mol. The first kappa shape index (κ1) is 14.0. The van der Waals surface area contributed by atoms with Gasteiger partial charge in [0.25, 0.3) is 5.69 Å². The fraction of sp³-hybridized carbons (Fsp3) is 0. The number of ether oxygens (including phenoxy) is 1. The van der Waals surface area contributed by atoms with Gasteiger partial charge in [0.15, 0.2) is 16.4 Å². The van der Waals surface area contributed by atoms with Crippen molar-refractivity contribution < 1.29 is 28.0 Å². The van der Waals surface area contributed by atoms with Crippen LogP contribution in [0.15, 0.2) is 46.2 Å². The maximum absolute atomic E-state index is 12.6. The second-order valence-corrected chi connectivity index (χ2v) is 6.26. The topological polar surface area (TPSA) is 124 Å². The molecule has 0 spiro atoms. The van der Waals surface area contributed by atoms with Gasteiger partial charge in [0.05, 0.1) is 4.92 Å². The van der Waals surface area contributed by atoms with Crippen LogP contribution in [0.1, 0.15) is 10.4 Å². The van der Waals surface area contributed by atoms with Crippen molar-refractivity contribution in [2.45, 2.75) is 9.79 Å². The second-order valence-electron chi connectivity index (χ2n) is 4.40. The number of benzene rings is 2. The monoisotopic (exact) mass is 321 g/mol. The highest BCUT2D eigenvalue weighted by atomic mass is 32.2. The number of sulfone groups is 1. The van der Waals surface area contributed by atoms with Crippen LogP contribution in [0.4, 0.5) is 5.69 Å². The van der Waals surface area contributed by atoms with E-state index < -0.39 is 36.2 Å². The van der Waals surface area contributed by atoms with Gasteiger partial charge in [0.2, 0.25) is 9.84 Å². The van der Waals surface area contributed by atoms with Gasteiger partial charge in [-0.05, 0) is 18.2 Å². The molecule has 0 unspecified atom stereocenters. The number of rotatable bonds is 2. The zero-order valence-electron chi connectivity index (χ0n) is 10.7. The lowest BCUT2D eigenvalue weighted by Gasteiger charge is -2.21. The highest BCUT2D eigenvalue weighted by molar-refractivity contribution is 7.92. The van der Waals surface area contributed by atoms with Gasteiger partial charge in [-0.1, -0.05) is 12.1 Å². The zero-order chi connectivity index (χ0) is 16.1. The van der Waals surface area contributed by atoms with E-state index in [1.165, 1.54) is 24.3 Å². The van der Waals surface area contributed by atoms with Crippen molar-refractivity contribution in [1.82, 2.24) is 0 Å². The Morgan fingerprint density at radius 2 is 1.86 bits per heavy atom. The minimum atomic E-state index is -4.26. The van der Waals surface area contributed by atoms with Crippen LogP contribution in [0.3, 0.4) is 0 Å². The molecule has 22 heavy (non-hydrogen) atoms. The van der Waals surface area contributed by atoms with Crippen molar-refractivity contribution in [2.24, 2.45) is 0 Å². The second kappa shape index (κ2) is 4.53. The number of nitrogens with zero attached hydrogens (tertiary/aromatic N) is 1. The molecule has 1 heterocycles. The number of carbonyl (C=O) groups is 1. The van der Waals surface area contributed by atoms with Gasteiger partial charge >= 0.3 is 5.97 Å². The Kier molecular flexibility index (Phi) is 2.89. The highest BCUT2D eigenvalue weighted by Gasteiger charge is 2.39. The number of nitro groups is 1. The number of carboxylic acid groups (broad SMARTS) is 1. The molecule has 8 nitrogen and oxygen atoms in total. The van der Waals surface area contributed by atoms with Gasteiger partial charge in [0.1, 0.15) is 10.5 Å². The van der Waals surface area contributed by atoms with Gasteiger partial charge < -0.3 is 9.84 Å². The summed E-state index contributed by atoms with van der Waals surface area (Å²) in [6.45, 7) is 0. The lowest BCUT2D eigenvalue weighted by atomic mass is 10.2. The van der Waals surface area contributed by atoms with Gasteiger partial charge in [-0.2, -0.15) is 0 Å². The van der Waals surface area contributed by atoms with Crippen LogP contribution in [-0.4, -0.2) is 24.4 Å². The molecule has 9 heteroatoms. The van der Waals surface area contributed by atoms with Gasteiger partial charge in [0, 0.05) is 6.07 Å². The van der Waals surface area contributed by atoms with Crippen LogP contribution in [0.5, 0.6) is 11.5 Å². The molecule has 0 bridgehead atoms. The van der Waals surface area contributed by atoms with Crippen LogP contribution in [0, 0.1) is 10.1 Å². The van der Waals surface area contributed by atoms with E-state index in [4.69, 9.17) is 9.84 Å². The molecular formula is C13H7NO7S. The molecule has 0 fully saturated rings. The van der Waals surface area contributed by atoms with Crippen molar-refractivity contribution >= 4 is 21.5 Å². The van der Waals surface area contributed by atoms with E-state index in [1.807, 2.05) is 0 Å². The summed E-state index contributed by atoms with van der Waals surface area (Å²) in [7, 11) is -4.26. The summed E-state index contributed by atoms with van der Waals surface area (Å²) in [6.07, 6.45) is 0. The number of hydrogen-bond donors (Lipinski definition) is 1. The Bertz CT molecular complexity index is 933. The van der Waals surface area contributed by atoms with Crippen LogP contribution in [0.25, 0.3) is 0 Å². The first-order valence-electron chi connectivity index (χ1n) is 5.90. The third-order valence-corrected chi connectivity index (χ3v) is 4.98. The molecule has 1 aliphatic heterocycles. The molecule has 0 amide bonds. The molecule has 0 saturated carbocycles. The van der Waals surface area contributed by atoms with Crippen molar-refractivity contribution in [2.75, 3.05) is 0 Å². The lowest BCUT2D eigenvalue weighted by molar-refractivity contribution is -0.388. The van der Waals surface area contributed by atoms with Crippen LogP contribution >= 0.6 is 0 Å². The van der Waals surface area contributed by atoms with Crippen molar-refractivity contribution in [1.29, 1.82) is 0 Å². The summed E-state index contributed by atoms with van der Waals surface area (Å²) in [5.41, 5.74) is -0.956. The van der Waals surface area contributed by atoms with Crippen LogP contribution in [-0.2, 0) is 9.84 Å². The molecule has 0 saturated heterocycles. The molecule has 0 aliphatic carbocycles. The molecule has 0 aromatic heterocycles. The lowest BCUT2D eigenvalue weighted by Crippen LogP contribution is -2.15. The fourth-order valence-electron chi connectivity index (χ4n) is 2.22. The van der Waals surface area contributed by atoms with E-state index in [0.717, 1.165) is 12.1 Å². The van der Waals surface area contributed by atoms with E-state index in [9.17, 15) is 23.3 Å². The van der Waals surface area contributed by atoms with Crippen molar-refractivity contribution in [3.05, 3.63) is 52.1 Å². The molecule has 2 aromatic rings. The van der Waals surface area contributed by atoms with Gasteiger partial charge in [-0.15, -0.1) is 0 Å². The zero-order valence-corrected chi connectivity index (χ0v) is 11.5. The first-order chi connectivity index (χ1) is 10.3. The van der Waals surface area contributed by atoms with Crippen LogP contribution < -0.4 is 4.74 Å². The standard InChI is InChI=1S/C13H7NO7S/c15-13(16)7-3-1-6-10-11(7)21-9-5-2-4-8(14(17)18)12(9)22(10,19)20/h1-6H,(H,15,16). The van der Waals surface area contributed by atoms with E-state index in [0.29, 0.717) is 0 Å². The summed E-state index contributed by atoms with van der Waals surface area (Å²) in [6, 6.07) is 7.13. The Balaban J connectivity index is 2.39. The minimum Gasteiger partial charge on any atom is -0.478 e. The van der Waals surface area contributed by atoms with E-state index in [1.54, 1.807) is 0 Å². The minimum absolute atomic E-state index is 0.268. The Morgan fingerprint density at radius 3 is 2.50 bits per heavy atom. The number of hydrogen-bond acceptors (Lipinski definition) is 6. The predicted octanol–water partition coefficient (Wildman–Crippen LogP) is 2.23. The third-order valence-electron chi connectivity index (χ3n) is 3.13. The number of para-hydroxylation sites is 1. The van der Waals surface area contributed by atoms with E-state index in [-0.39, 0.29) is 17.1 Å². The molecular weight excluding hydrogens is 314 g/mol. The number of fused-ring (bicyclic) bond motifs is 2. The number of nitro benzene ring substituents is 1. The molecule has 0 atom stereocenters. The average molecular weight is 321 g/mol. The van der Waals surface area contributed by atoms with Gasteiger partial charge in [-0.25, -0.2) is 13.2 Å². The van der Waals surface area contributed by atoms with E-state index in [2.05, 4.69) is 0 Å². The Labute approximate surface area is 123 Å². The summed E-state index contributed by atoms with van der Waals surface area (Å²) in [5, 5.41) is 20.2. The molecule has 2 aromatic carbocycles. The van der Waals surface area contributed by atoms with E-state index >= 15 is 0 Å². The summed E-state index contributed by atoms with van der Waals surface area (Å²) < 4.78 is 30.6. The molecule has 112 valence electrons. The maximum Gasteiger partial charge on any atom is 0.339 e. The summed E-state index contributed by atoms with van der Waals surface area (Å²) in [4.78, 5) is 20.4. The summed E-state index contributed by atoms with van der Waals surface area (Å²) >= 11 is 0. The Hall–Kier alpha value is -2.94. The SMILES string of the molecule is O=C(O)c1cccc2c1Oc1cccc([N+](=O)[O-])c1S2(=O)=O. The summed E-state index contributed by atoms with van der Waals surface area (Å²) in [5.74, 6) is -1.97. The quantitative estimate of drug-likeness (QED) is 0.567. The average Bonchev–Trinajstić information content (AvgIpc) is 2.46.